The second-order valence-corrected chi connectivity index (χ2v) is 5.20. The summed E-state index contributed by atoms with van der Waals surface area (Å²) in [5.41, 5.74) is 0. The molecule has 0 spiro atoms. The standard InChI is InChI=1S/C13H24N4O2/c1-9(14-3)12-15-16-13(19-12)17(7-8-18-4)10(2)11-5-6-11/h9-11,14H,5-8H2,1-4H3. The van der Waals surface area contributed by atoms with Crippen LogP contribution < -0.4 is 10.2 Å². The Labute approximate surface area is 114 Å². The molecular weight excluding hydrogens is 244 g/mol. The highest BCUT2D eigenvalue weighted by atomic mass is 16.5. The average Bonchev–Trinajstić information content (AvgIpc) is 3.17. The molecule has 19 heavy (non-hydrogen) atoms. The number of nitrogens with zero attached hydrogens (tertiary/aromatic N) is 3. The number of rotatable bonds is 8. The summed E-state index contributed by atoms with van der Waals surface area (Å²) in [6.07, 6.45) is 2.58. The van der Waals surface area contributed by atoms with Crippen LogP contribution in [0.1, 0.15) is 38.6 Å². The molecule has 0 amide bonds. The third kappa shape index (κ3) is 3.45. The maximum Gasteiger partial charge on any atom is 0.318 e. The molecule has 0 radical (unpaired) electrons. The predicted molar refractivity (Wildman–Crippen MR) is 73.2 cm³/mol. The molecule has 2 unspecified atom stereocenters. The minimum atomic E-state index is 0.0711. The lowest BCUT2D eigenvalue weighted by atomic mass is 10.2. The van der Waals surface area contributed by atoms with Crippen molar-refractivity contribution in [3.05, 3.63) is 5.89 Å². The van der Waals surface area contributed by atoms with E-state index in [1.807, 2.05) is 14.0 Å². The first-order valence-corrected chi connectivity index (χ1v) is 6.93. The number of aromatic nitrogens is 2. The molecular formula is C13H24N4O2. The zero-order valence-corrected chi connectivity index (χ0v) is 12.2. The Kier molecular flexibility index (Phi) is 4.76. The molecule has 6 nitrogen and oxygen atoms in total. The maximum absolute atomic E-state index is 5.78. The van der Waals surface area contributed by atoms with Crippen LogP contribution >= 0.6 is 0 Å². The Bertz CT molecular complexity index is 392. The molecule has 1 aliphatic carbocycles. The zero-order valence-electron chi connectivity index (χ0n) is 12.2. The van der Waals surface area contributed by atoms with E-state index in [0.29, 0.717) is 24.6 Å². The van der Waals surface area contributed by atoms with Gasteiger partial charge in [-0.1, -0.05) is 5.10 Å². The van der Waals surface area contributed by atoms with E-state index in [2.05, 4.69) is 27.3 Å². The highest BCUT2D eigenvalue weighted by Gasteiger charge is 2.34. The summed E-state index contributed by atoms with van der Waals surface area (Å²) in [7, 11) is 3.59. The highest BCUT2D eigenvalue weighted by Crippen LogP contribution is 2.36. The molecule has 1 aliphatic rings. The van der Waals surface area contributed by atoms with Crippen LogP contribution in [0.4, 0.5) is 6.01 Å². The number of hydrogen-bond acceptors (Lipinski definition) is 6. The van der Waals surface area contributed by atoms with Crippen LogP contribution in [-0.2, 0) is 4.74 Å². The molecule has 0 bridgehead atoms. The van der Waals surface area contributed by atoms with Gasteiger partial charge in [0.05, 0.1) is 12.6 Å². The van der Waals surface area contributed by atoms with Crippen LogP contribution in [0.2, 0.25) is 0 Å². The minimum Gasteiger partial charge on any atom is -0.406 e. The van der Waals surface area contributed by atoms with Gasteiger partial charge in [-0.15, -0.1) is 5.10 Å². The highest BCUT2D eigenvalue weighted by molar-refractivity contribution is 5.27. The summed E-state index contributed by atoms with van der Waals surface area (Å²) < 4.78 is 11.0. The van der Waals surface area contributed by atoms with E-state index in [-0.39, 0.29) is 6.04 Å². The fraction of sp³-hybridized carbons (Fsp3) is 0.846. The largest absolute Gasteiger partial charge is 0.406 e. The molecule has 0 saturated heterocycles. The van der Waals surface area contributed by atoms with Gasteiger partial charge in [0.2, 0.25) is 5.89 Å². The molecule has 1 fully saturated rings. The van der Waals surface area contributed by atoms with Crippen molar-refractivity contribution in [1.82, 2.24) is 15.5 Å². The summed E-state index contributed by atoms with van der Waals surface area (Å²) in [5, 5.41) is 11.4. The first-order chi connectivity index (χ1) is 9.17. The summed E-state index contributed by atoms with van der Waals surface area (Å²) >= 11 is 0. The van der Waals surface area contributed by atoms with Crippen LogP contribution in [0, 0.1) is 5.92 Å². The number of nitrogens with one attached hydrogen (secondary N) is 1. The van der Waals surface area contributed by atoms with Crippen molar-refractivity contribution in [3.63, 3.8) is 0 Å². The normalized spacial score (nSPS) is 18.3. The quantitative estimate of drug-likeness (QED) is 0.772. The van der Waals surface area contributed by atoms with E-state index in [0.717, 1.165) is 12.5 Å². The number of anilines is 1. The van der Waals surface area contributed by atoms with Gasteiger partial charge in [0, 0.05) is 19.7 Å². The molecule has 108 valence electrons. The van der Waals surface area contributed by atoms with Crippen molar-refractivity contribution in [2.45, 2.75) is 38.8 Å². The summed E-state index contributed by atoms with van der Waals surface area (Å²) in [5.74, 6) is 1.37. The van der Waals surface area contributed by atoms with Gasteiger partial charge in [-0.3, -0.25) is 0 Å². The van der Waals surface area contributed by atoms with Crippen molar-refractivity contribution in [2.24, 2.45) is 5.92 Å². The second kappa shape index (κ2) is 6.34. The SMILES string of the molecule is CNC(C)c1nnc(N(CCOC)C(C)C2CC2)o1. The van der Waals surface area contributed by atoms with E-state index in [4.69, 9.17) is 9.15 Å². The molecule has 2 rings (SSSR count). The Balaban J connectivity index is 2.09. The molecule has 2 atom stereocenters. The van der Waals surface area contributed by atoms with E-state index in [9.17, 15) is 0 Å². The van der Waals surface area contributed by atoms with Gasteiger partial charge in [-0.2, -0.15) is 0 Å². The van der Waals surface area contributed by atoms with Crippen LogP contribution in [0.3, 0.4) is 0 Å². The topological polar surface area (TPSA) is 63.4 Å². The van der Waals surface area contributed by atoms with E-state index >= 15 is 0 Å². The molecule has 1 aromatic heterocycles. The van der Waals surface area contributed by atoms with Gasteiger partial charge in [-0.05, 0) is 39.7 Å². The van der Waals surface area contributed by atoms with Crippen LogP contribution in [0.5, 0.6) is 0 Å². The van der Waals surface area contributed by atoms with E-state index in [1.54, 1.807) is 7.11 Å². The van der Waals surface area contributed by atoms with E-state index in [1.165, 1.54) is 12.8 Å². The number of methoxy groups -OCH3 is 1. The van der Waals surface area contributed by atoms with Gasteiger partial charge >= 0.3 is 6.01 Å². The van der Waals surface area contributed by atoms with Crippen LogP contribution in [0.15, 0.2) is 4.42 Å². The molecule has 1 aromatic rings. The monoisotopic (exact) mass is 268 g/mol. The van der Waals surface area contributed by atoms with Crippen LogP contribution in [-0.4, -0.2) is 43.5 Å². The van der Waals surface area contributed by atoms with Gasteiger partial charge in [0.1, 0.15) is 0 Å². The van der Waals surface area contributed by atoms with Gasteiger partial charge < -0.3 is 19.4 Å². The summed E-state index contributed by atoms with van der Waals surface area (Å²) in [6.45, 7) is 5.67. The number of ether oxygens (including phenoxy) is 1. The van der Waals surface area contributed by atoms with Crippen molar-refractivity contribution in [3.8, 4) is 0 Å². The third-order valence-corrected chi connectivity index (χ3v) is 3.81. The summed E-state index contributed by atoms with van der Waals surface area (Å²) in [4.78, 5) is 2.17. The maximum atomic E-state index is 5.78. The smallest absolute Gasteiger partial charge is 0.318 e. The fourth-order valence-corrected chi connectivity index (χ4v) is 2.14. The van der Waals surface area contributed by atoms with Crippen molar-refractivity contribution in [1.29, 1.82) is 0 Å². The Morgan fingerprint density at radius 2 is 2.16 bits per heavy atom. The second-order valence-electron chi connectivity index (χ2n) is 5.20. The molecule has 6 heteroatoms. The molecule has 0 aromatic carbocycles. The average molecular weight is 268 g/mol. The van der Waals surface area contributed by atoms with Crippen molar-refractivity contribution in [2.75, 3.05) is 32.2 Å². The molecule has 1 heterocycles. The Hall–Kier alpha value is -1.14. The van der Waals surface area contributed by atoms with E-state index < -0.39 is 0 Å². The first-order valence-electron chi connectivity index (χ1n) is 6.93. The lowest BCUT2D eigenvalue weighted by molar-refractivity contribution is 0.201. The molecule has 0 aliphatic heterocycles. The number of hydrogen-bond donors (Lipinski definition) is 1. The predicted octanol–water partition coefficient (Wildman–Crippen LogP) is 1.60. The Morgan fingerprint density at radius 3 is 2.74 bits per heavy atom. The molecule has 1 saturated carbocycles. The lowest BCUT2D eigenvalue weighted by Gasteiger charge is -2.27. The zero-order chi connectivity index (χ0) is 13.8. The van der Waals surface area contributed by atoms with Gasteiger partial charge in [-0.25, -0.2) is 0 Å². The van der Waals surface area contributed by atoms with Crippen LogP contribution in [0.25, 0.3) is 0 Å². The first kappa shape index (κ1) is 14.3. The minimum absolute atomic E-state index is 0.0711. The van der Waals surface area contributed by atoms with Crippen molar-refractivity contribution >= 4 is 6.01 Å². The Morgan fingerprint density at radius 1 is 1.42 bits per heavy atom. The lowest BCUT2D eigenvalue weighted by Crippen LogP contribution is -2.37. The van der Waals surface area contributed by atoms with Gasteiger partial charge in [0.15, 0.2) is 0 Å². The fourth-order valence-electron chi connectivity index (χ4n) is 2.14. The summed E-state index contributed by atoms with van der Waals surface area (Å²) in [6, 6.07) is 1.10. The van der Waals surface area contributed by atoms with Crippen molar-refractivity contribution < 1.29 is 9.15 Å². The molecule has 1 N–H and O–H groups in total. The van der Waals surface area contributed by atoms with Gasteiger partial charge in [0.25, 0.3) is 0 Å². The third-order valence-electron chi connectivity index (χ3n) is 3.81.